The van der Waals surface area contributed by atoms with Crippen LogP contribution in [0.15, 0.2) is 82.7 Å². The number of hydrogen-bond donors (Lipinski definition) is 1. The number of nitrogens with zero attached hydrogens (tertiary/aromatic N) is 6. The second-order valence-corrected chi connectivity index (χ2v) is 13.9. The molecule has 5 aromatic rings. The Morgan fingerprint density at radius 3 is 2.19 bits per heavy atom. The molecular weight excluding hydrogens is 695 g/mol. The molecule has 272 valence electrons. The van der Waals surface area contributed by atoms with Crippen LogP contribution in [-0.4, -0.2) is 68.6 Å². The number of aromatic nitrogens is 5. The number of nitrogens with one attached hydrogen (secondary N) is 1. The molecule has 0 amide bonds. The number of morpholine rings is 1. The third-order valence-corrected chi connectivity index (χ3v) is 10.6. The minimum absolute atomic E-state index is 0.204. The maximum Gasteiger partial charge on any atom is 0.416 e. The van der Waals surface area contributed by atoms with E-state index in [2.05, 4.69) is 34.5 Å². The van der Waals surface area contributed by atoms with E-state index < -0.39 is 11.7 Å². The van der Waals surface area contributed by atoms with Crippen molar-refractivity contribution in [2.45, 2.75) is 56.0 Å². The van der Waals surface area contributed by atoms with E-state index in [0.717, 1.165) is 98.1 Å². The van der Waals surface area contributed by atoms with Gasteiger partial charge in [-0.2, -0.15) is 18.2 Å². The van der Waals surface area contributed by atoms with Gasteiger partial charge in [0, 0.05) is 43.2 Å². The third kappa shape index (κ3) is 8.63. The predicted octanol–water partition coefficient (Wildman–Crippen LogP) is 5.96. The maximum absolute atomic E-state index is 13.6. The third-order valence-electron chi connectivity index (χ3n) is 9.52. The van der Waals surface area contributed by atoms with Crippen LogP contribution >= 0.6 is 11.8 Å². The number of alkyl halides is 3. The lowest BCUT2D eigenvalue weighted by molar-refractivity contribution is -0.137. The van der Waals surface area contributed by atoms with E-state index >= 15 is 0 Å². The highest BCUT2D eigenvalue weighted by Crippen LogP contribution is 2.31. The van der Waals surface area contributed by atoms with Gasteiger partial charge in [0.25, 0.3) is 5.56 Å². The molecule has 3 aromatic carbocycles. The molecule has 9 nitrogen and oxygen atoms in total. The smallest absolute Gasteiger partial charge is 0.379 e. The van der Waals surface area contributed by atoms with Crippen molar-refractivity contribution >= 4 is 11.8 Å². The highest BCUT2D eigenvalue weighted by atomic mass is 32.2. The number of hydrogen-bond acceptors (Lipinski definition) is 8. The van der Waals surface area contributed by atoms with E-state index in [-0.39, 0.29) is 11.4 Å². The van der Waals surface area contributed by atoms with E-state index in [1.165, 1.54) is 36.0 Å². The summed E-state index contributed by atoms with van der Waals surface area (Å²) in [5.41, 5.74) is 4.21. The lowest BCUT2D eigenvalue weighted by atomic mass is 10.0. The fraction of sp³-hybridized carbons (Fsp3) is 0.368. The van der Waals surface area contributed by atoms with Crippen LogP contribution in [0.4, 0.5) is 17.6 Å². The molecule has 1 fully saturated rings. The fourth-order valence-electron chi connectivity index (χ4n) is 6.63. The Kier molecular flexibility index (Phi) is 11.2. The normalized spacial score (nSPS) is 14.9. The topological polar surface area (TPSA) is 90.1 Å². The van der Waals surface area contributed by atoms with Crippen LogP contribution in [-0.2, 0) is 49.1 Å². The van der Waals surface area contributed by atoms with Gasteiger partial charge in [-0.1, -0.05) is 60.3 Å². The summed E-state index contributed by atoms with van der Waals surface area (Å²) >= 11 is 1.44. The first-order valence-corrected chi connectivity index (χ1v) is 18.4. The predicted molar refractivity (Wildman–Crippen MR) is 191 cm³/mol. The molecule has 0 saturated carbocycles. The van der Waals surface area contributed by atoms with Gasteiger partial charge in [0.05, 0.1) is 38.4 Å². The summed E-state index contributed by atoms with van der Waals surface area (Å²) in [6, 6.07) is 19.2. The van der Waals surface area contributed by atoms with E-state index in [1.54, 1.807) is 12.1 Å². The summed E-state index contributed by atoms with van der Waals surface area (Å²) in [5, 5.41) is 13.4. The molecule has 0 spiro atoms. The lowest BCUT2D eigenvalue weighted by Gasteiger charge is -2.26. The van der Waals surface area contributed by atoms with Crippen molar-refractivity contribution in [2.75, 3.05) is 39.4 Å². The zero-order valence-electron chi connectivity index (χ0n) is 28.5. The fourth-order valence-corrected chi connectivity index (χ4v) is 7.60. The number of ether oxygens (including phenoxy) is 1. The Labute approximate surface area is 303 Å². The van der Waals surface area contributed by atoms with Gasteiger partial charge in [0.15, 0.2) is 11.0 Å². The van der Waals surface area contributed by atoms with Crippen LogP contribution < -0.4 is 10.9 Å². The van der Waals surface area contributed by atoms with E-state index in [1.807, 2.05) is 24.3 Å². The summed E-state index contributed by atoms with van der Waals surface area (Å²) in [6.07, 6.45) is -2.08. The summed E-state index contributed by atoms with van der Waals surface area (Å²) in [7, 11) is 0. The summed E-state index contributed by atoms with van der Waals surface area (Å²) in [5.74, 6) is 1.68. The number of thioether (sulfide) groups is 1. The van der Waals surface area contributed by atoms with E-state index in [9.17, 15) is 22.4 Å². The highest BCUT2D eigenvalue weighted by Gasteiger charge is 2.30. The van der Waals surface area contributed by atoms with Crippen LogP contribution in [0.25, 0.3) is 11.1 Å². The second kappa shape index (κ2) is 16.1. The molecule has 1 N–H and O–H groups in total. The Hall–Kier alpha value is -4.37. The van der Waals surface area contributed by atoms with Gasteiger partial charge in [-0.3, -0.25) is 9.69 Å². The van der Waals surface area contributed by atoms with Crippen molar-refractivity contribution in [3.05, 3.63) is 129 Å². The van der Waals surface area contributed by atoms with Gasteiger partial charge in [0.1, 0.15) is 11.6 Å². The van der Waals surface area contributed by atoms with E-state index in [0.29, 0.717) is 48.4 Å². The molecule has 0 bridgehead atoms. The zero-order valence-corrected chi connectivity index (χ0v) is 29.4. The molecule has 14 heteroatoms. The summed E-state index contributed by atoms with van der Waals surface area (Å²) in [6.45, 7) is 6.26. The monoisotopic (exact) mass is 733 g/mol. The molecule has 0 unspecified atom stereocenters. The first-order valence-electron chi connectivity index (χ1n) is 17.4. The number of halogens is 4. The van der Waals surface area contributed by atoms with Crippen molar-refractivity contribution < 1.29 is 22.3 Å². The Balaban J connectivity index is 1.15. The lowest BCUT2D eigenvalue weighted by Crippen LogP contribution is -2.40. The highest BCUT2D eigenvalue weighted by molar-refractivity contribution is 7.98. The molecular formula is C38H39F4N7O2S. The van der Waals surface area contributed by atoms with Gasteiger partial charge in [0.2, 0.25) is 0 Å². The SMILES string of the molecule is O=c1nc(SCc2ccc(F)cc2)n(Cc2nnc(CNCCN3CCOCC3)n2Cc2ccc(-c3ccc(C(F)(F)F)cc3)cc2)c2c1CCC2. The quantitative estimate of drug-likeness (QED) is 0.0687. The average molecular weight is 734 g/mol. The number of rotatable bonds is 13. The average Bonchev–Trinajstić information content (AvgIpc) is 3.80. The molecule has 52 heavy (non-hydrogen) atoms. The molecule has 2 aliphatic rings. The molecule has 1 aliphatic carbocycles. The second-order valence-electron chi connectivity index (χ2n) is 13.0. The number of fused-ring (bicyclic) bond motifs is 1. The standard InChI is InChI=1S/C38H39F4N7O2S/c39-31-14-6-27(7-15-31)25-52-37-44-36(50)32-2-1-3-33(32)48(37)24-35-46-45-34(22-43-16-17-47-18-20-51-21-19-47)49(35)23-26-4-8-28(9-5-26)29-10-12-30(13-11-29)38(40,41)42/h4-15,43H,1-3,16-25H2. The van der Waals surface area contributed by atoms with Crippen LogP contribution in [0.1, 0.15) is 46.0 Å². The molecule has 1 saturated heterocycles. The van der Waals surface area contributed by atoms with Gasteiger partial charge in [-0.05, 0) is 65.8 Å². The van der Waals surface area contributed by atoms with Crippen LogP contribution in [0.2, 0.25) is 0 Å². The Morgan fingerprint density at radius 2 is 1.48 bits per heavy atom. The van der Waals surface area contributed by atoms with Crippen LogP contribution in [0.5, 0.6) is 0 Å². The molecule has 3 heterocycles. The summed E-state index contributed by atoms with van der Waals surface area (Å²) < 4.78 is 62.5. The van der Waals surface area contributed by atoms with Gasteiger partial charge < -0.3 is 19.2 Å². The first kappa shape index (κ1) is 36.0. The van der Waals surface area contributed by atoms with Crippen molar-refractivity contribution in [1.82, 2.24) is 34.5 Å². The van der Waals surface area contributed by atoms with Crippen molar-refractivity contribution in [2.24, 2.45) is 0 Å². The Morgan fingerprint density at radius 1 is 0.808 bits per heavy atom. The molecule has 7 rings (SSSR count). The van der Waals surface area contributed by atoms with Crippen LogP contribution in [0.3, 0.4) is 0 Å². The molecule has 1 aliphatic heterocycles. The number of benzene rings is 3. The summed E-state index contributed by atoms with van der Waals surface area (Å²) in [4.78, 5) is 19.9. The van der Waals surface area contributed by atoms with Crippen molar-refractivity contribution in [1.29, 1.82) is 0 Å². The minimum atomic E-state index is -4.39. The Bertz CT molecular complexity index is 2030. The maximum atomic E-state index is 13.6. The molecule has 0 atom stereocenters. The van der Waals surface area contributed by atoms with Gasteiger partial charge in [-0.25, -0.2) is 4.39 Å². The largest absolute Gasteiger partial charge is 0.416 e. The molecule has 0 radical (unpaired) electrons. The molecule has 2 aromatic heterocycles. The van der Waals surface area contributed by atoms with Crippen molar-refractivity contribution in [3.63, 3.8) is 0 Å². The zero-order chi connectivity index (χ0) is 36.1. The van der Waals surface area contributed by atoms with Gasteiger partial charge in [-0.15, -0.1) is 10.2 Å². The van der Waals surface area contributed by atoms with Crippen molar-refractivity contribution in [3.8, 4) is 11.1 Å². The van der Waals surface area contributed by atoms with Crippen LogP contribution in [0, 0.1) is 5.82 Å². The minimum Gasteiger partial charge on any atom is -0.379 e. The van der Waals surface area contributed by atoms with E-state index in [4.69, 9.17) is 4.74 Å². The first-order chi connectivity index (χ1) is 25.2. The van der Waals surface area contributed by atoms with Gasteiger partial charge >= 0.3 is 6.18 Å².